The maximum absolute atomic E-state index is 12.5. The van der Waals surface area contributed by atoms with Gasteiger partial charge in [0, 0.05) is 25.7 Å². The van der Waals surface area contributed by atoms with Gasteiger partial charge in [-0.15, -0.1) is 0 Å². The predicted molar refractivity (Wildman–Crippen MR) is 75.8 cm³/mol. The van der Waals surface area contributed by atoms with Crippen molar-refractivity contribution in [3.8, 4) is 0 Å². The van der Waals surface area contributed by atoms with Gasteiger partial charge in [-0.2, -0.15) is 0 Å². The van der Waals surface area contributed by atoms with Gasteiger partial charge in [-0.25, -0.2) is 0 Å². The third kappa shape index (κ3) is 4.18. The number of hydrogen-bond acceptors (Lipinski definition) is 3. The van der Waals surface area contributed by atoms with Crippen molar-refractivity contribution in [2.45, 2.75) is 63.3 Å². The van der Waals surface area contributed by atoms with E-state index < -0.39 is 0 Å². The number of amides is 1. The van der Waals surface area contributed by atoms with Gasteiger partial charge in [0.1, 0.15) is 0 Å². The van der Waals surface area contributed by atoms with Gasteiger partial charge in [-0.05, 0) is 25.7 Å². The average molecular weight is 268 g/mol. The van der Waals surface area contributed by atoms with Crippen LogP contribution >= 0.6 is 0 Å². The molecule has 19 heavy (non-hydrogen) atoms. The van der Waals surface area contributed by atoms with E-state index in [2.05, 4.69) is 5.32 Å². The molecular weight excluding hydrogens is 240 g/mol. The van der Waals surface area contributed by atoms with Crippen molar-refractivity contribution < 1.29 is 9.53 Å². The second kappa shape index (κ2) is 7.25. The first-order valence-corrected chi connectivity index (χ1v) is 7.86. The fourth-order valence-corrected chi connectivity index (χ4v) is 3.22. The topological polar surface area (TPSA) is 64.3 Å². The first-order valence-electron chi connectivity index (χ1n) is 7.86. The SMILES string of the molecule is NCC1(NC(=O)C2CCCCCCC2)CCOCC1. The highest BCUT2D eigenvalue weighted by atomic mass is 16.5. The van der Waals surface area contributed by atoms with E-state index in [1.54, 1.807) is 0 Å². The maximum Gasteiger partial charge on any atom is 0.223 e. The molecule has 0 spiro atoms. The molecular formula is C15H28N2O2. The summed E-state index contributed by atoms with van der Waals surface area (Å²) >= 11 is 0. The van der Waals surface area contributed by atoms with Gasteiger partial charge in [-0.3, -0.25) is 4.79 Å². The van der Waals surface area contributed by atoms with E-state index in [0.717, 1.165) is 25.7 Å². The Hall–Kier alpha value is -0.610. The second-order valence-corrected chi connectivity index (χ2v) is 6.13. The summed E-state index contributed by atoms with van der Waals surface area (Å²) in [4.78, 5) is 12.5. The number of carbonyl (C=O) groups excluding carboxylic acids is 1. The molecule has 2 fully saturated rings. The molecule has 4 nitrogen and oxygen atoms in total. The summed E-state index contributed by atoms with van der Waals surface area (Å²) in [5.41, 5.74) is 5.69. The molecule has 0 radical (unpaired) electrons. The quantitative estimate of drug-likeness (QED) is 0.822. The van der Waals surface area contributed by atoms with Crippen LogP contribution in [-0.2, 0) is 9.53 Å². The van der Waals surface area contributed by atoms with Crippen LogP contribution in [0.4, 0.5) is 0 Å². The molecule has 1 saturated carbocycles. The molecule has 0 aromatic rings. The van der Waals surface area contributed by atoms with Gasteiger partial charge < -0.3 is 15.8 Å². The molecule has 110 valence electrons. The Bertz CT molecular complexity index is 280. The fraction of sp³-hybridized carbons (Fsp3) is 0.933. The average Bonchev–Trinajstić information content (AvgIpc) is 2.39. The lowest BCUT2D eigenvalue weighted by Crippen LogP contribution is -2.57. The normalized spacial score (nSPS) is 25.3. The lowest BCUT2D eigenvalue weighted by atomic mass is 9.86. The molecule has 0 atom stereocenters. The number of carbonyl (C=O) groups is 1. The van der Waals surface area contributed by atoms with Gasteiger partial charge in [-0.1, -0.05) is 32.1 Å². The maximum atomic E-state index is 12.5. The van der Waals surface area contributed by atoms with Gasteiger partial charge >= 0.3 is 0 Å². The Morgan fingerprint density at radius 1 is 1.11 bits per heavy atom. The molecule has 1 heterocycles. The summed E-state index contributed by atoms with van der Waals surface area (Å²) in [5, 5.41) is 3.26. The van der Waals surface area contributed by atoms with E-state index in [9.17, 15) is 4.79 Å². The summed E-state index contributed by atoms with van der Waals surface area (Å²) < 4.78 is 5.38. The van der Waals surface area contributed by atoms with Crippen LogP contribution in [0.15, 0.2) is 0 Å². The van der Waals surface area contributed by atoms with Crippen molar-refractivity contribution in [2.24, 2.45) is 11.7 Å². The molecule has 2 aliphatic rings. The number of nitrogens with one attached hydrogen (secondary N) is 1. The molecule has 0 unspecified atom stereocenters. The Labute approximate surface area is 116 Å². The number of hydrogen-bond donors (Lipinski definition) is 2. The zero-order valence-corrected chi connectivity index (χ0v) is 12.0. The van der Waals surface area contributed by atoms with Crippen LogP contribution in [-0.4, -0.2) is 31.2 Å². The van der Waals surface area contributed by atoms with Crippen molar-refractivity contribution in [2.75, 3.05) is 19.8 Å². The summed E-state index contributed by atoms with van der Waals surface area (Å²) in [6.07, 6.45) is 10.1. The summed E-state index contributed by atoms with van der Waals surface area (Å²) in [6.45, 7) is 1.94. The molecule has 2 rings (SSSR count). The van der Waals surface area contributed by atoms with Crippen LogP contribution in [0, 0.1) is 5.92 Å². The van der Waals surface area contributed by atoms with Crippen molar-refractivity contribution in [3.63, 3.8) is 0 Å². The molecule has 3 N–H and O–H groups in total. The first-order chi connectivity index (χ1) is 9.26. The molecule has 0 bridgehead atoms. The van der Waals surface area contributed by atoms with E-state index in [4.69, 9.17) is 10.5 Å². The standard InChI is InChI=1S/C15H28N2O2/c16-12-15(8-10-19-11-9-15)17-14(18)13-6-4-2-1-3-5-7-13/h13H,1-12,16H2,(H,17,18). The van der Waals surface area contributed by atoms with Crippen molar-refractivity contribution in [1.82, 2.24) is 5.32 Å². The number of nitrogens with two attached hydrogens (primary N) is 1. The second-order valence-electron chi connectivity index (χ2n) is 6.13. The van der Waals surface area contributed by atoms with Crippen molar-refractivity contribution in [3.05, 3.63) is 0 Å². The minimum absolute atomic E-state index is 0.201. The van der Waals surface area contributed by atoms with Gasteiger partial charge in [0.05, 0.1) is 5.54 Å². The van der Waals surface area contributed by atoms with Gasteiger partial charge in [0.25, 0.3) is 0 Å². The van der Waals surface area contributed by atoms with E-state index in [1.807, 2.05) is 0 Å². The highest BCUT2D eigenvalue weighted by Gasteiger charge is 2.34. The Kier molecular flexibility index (Phi) is 5.64. The zero-order valence-electron chi connectivity index (χ0n) is 12.0. The van der Waals surface area contributed by atoms with Crippen LogP contribution in [0.25, 0.3) is 0 Å². The Morgan fingerprint density at radius 3 is 2.26 bits per heavy atom. The summed E-state index contributed by atoms with van der Waals surface area (Å²) in [7, 11) is 0. The molecule has 0 aromatic heterocycles. The Morgan fingerprint density at radius 2 is 1.68 bits per heavy atom. The lowest BCUT2D eigenvalue weighted by molar-refractivity contribution is -0.128. The molecule has 1 aliphatic heterocycles. The van der Waals surface area contributed by atoms with E-state index >= 15 is 0 Å². The molecule has 1 aliphatic carbocycles. The minimum Gasteiger partial charge on any atom is -0.381 e. The third-order valence-electron chi connectivity index (χ3n) is 4.70. The van der Waals surface area contributed by atoms with Crippen LogP contribution in [0.1, 0.15) is 57.8 Å². The summed E-state index contributed by atoms with van der Waals surface area (Å²) in [5.74, 6) is 0.431. The van der Waals surface area contributed by atoms with E-state index in [1.165, 1.54) is 32.1 Å². The largest absolute Gasteiger partial charge is 0.381 e. The molecule has 0 aromatic carbocycles. The molecule has 1 amide bonds. The smallest absolute Gasteiger partial charge is 0.223 e. The highest BCUT2D eigenvalue weighted by molar-refractivity contribution is 5.79. The lowest BCUT2D eigenvalue weighted by Gasteiger charge is -2.38. The minimum atomic E-state index is -0.211. The Balaban J connectivity index is 1.90. The van der Waals surface area contributed by atoms with Gasteiger partial charge in [0.2, 0.25) is 5.91 Å². The predicted octanol–water partition coefficient (Wildman–Crippen LogP) is 1.97. The monoisotopic (exact) mass is 268 g/mol. The molecule has 4 heteroatoms. The highest BCUT2D eigenvalue weighted by Crippen LogP contribution is 2.25. The van der Waals surface area contributed by atoms with Crippen molar-refractivity contribution >= 4 is 5.91 Å². The van der Waals surface area contributed by atoms with E-state index in [0.29, 0.717) is 19.8 Å². The number of rotatable bonds is 3. The van der Waals surface area contributed by atoms with E-state index in [-0.39, 0.29) is 17.4 Å². The number of ether oxygens (including phenoxy) is 1. The fourth-order valence-electron chi connectivity index (χ4n) is 3.22. The van der Waals surface area contributed by atoms with Crippen LogP contribution in [0.3, 0.4) is 0 Å². The van der Waals surface area contributed by atoms with Crippen LogP contribution in [0.2, 0.25) is 0 Å². The summed E-state index contributed by atoms with van der Waals surface area (Å²) in [6, 6.07) is 0. The van der Waals surface area contributed by atoms with Crippen molar-refractivity contribution in [1.29, 1.82) is 0 Å². The van der Waals surface area contributed by atoms with Crippen LogP contribution < -0.4 is 11.1 Å². The third-order valence-corrected chi connectivity index (χ3v) is 4.70. The molecule has 1 saturated heterocycles. The van der Waals surface area contributed by atoms with Gasteiger partial charge in [0.15, 0.2) is 0 Å². The first kappa shape index (κ1) is 14.8. The zero-order chi connectivity index (χ0) is 13.6. The van der Waals surface area contributed by atoms with Crippen LogP contribution in [0.5, 0.6) is 0 Å².